The van der Waals surface area contributed by atoms with Gasteiger partial charge in [0.1, 0.15) is 11.6 Å². The van der Waals surface area contributed by atoms with Gasteiger partial charge < -0.3 is 22.1 Å². The lowest BCUT2D eigenvalue weighted by molar-refractivity contribution is 0.100. The average molecular weight is 376 g/mol. The smallest absolute Gasteiger partial charge is 0.252 e. The third kappa shape index (κ3) is 3.89. The van der Waals surface area contributed by atoms with Crippen molar-refractivity contribution in [3.8, 4) is 0 Å². The van der Waals surface area contributed by atoms with E-state index >= 15 is 0 Å². The molecule has 0 aliphatic heterocycles. The molecule has 6 N–H and O–H groups in total. The minimum atomic E-state index is -0.537. The van der Waals surface area contributed by atoms with Crippen molar-refractivity contribution in [1.82, 2.24) is 9.97 Å². The van der Waals surface area contributed by atoms with Crippen molar-refractivity contribution in [2.75, 3.05) is 10.6 Å². The summed E-state index contributed by atoms with van der Waals surface area (Å²) < 4.78 is 0. The van der Waals surface area contributed by atoms with Crippen LogP contribution in [0, 0.1) is 0 Å². The monoisotopic (exact) mass is 376 g/mol. The lowest BCUT2D eigenvalue weighted by atomic mass is 9.91. The Kier molecular flexibility index (Phi) is 5.08. The highest BCUT2D eigenvalue weighted by molar-refractivity contribution is 5.98. The fourth-order valence-corrected chi connectivity index (χ4v) is 3.64. The number of carbonyl (C=O) groups excluding carboxylic acids is 1. The van der Waals surface area contributed by atoms with Crippen molar-refractivity contribution >= 4 is 34.1 Å². The van der Waals surface area contributed by atoms with Gasteiger partial charge in [-0.2, -0.15) is 0 Å². The van der Waals surface area contributed by atoms with Crippen LogP contribution in [0.15, 0.2) is 48.7 Å². The Labute approximate surface area is 163 Å². The zero-order valence-corrected chi connectivity index (χ0v) is 15.6. The van der Waals surface area contributed by atoms with Gasteiger partial charge in [-0.05, 0) is 37.1 Å². The molecule has 0 radical (unpaired) electrons. The standard InChI is InChI=1S/C21H24N6O/c22-16-6-2-4-8-18(16)26-19-10-9-15(20(23)28)21(27-19)25-14-11-13-5-1-3-7-17(13)24-12-14/h1,3,5,7,9-12,16,18H,2,4,6,8,22H2,(H2,23,28)(H2,25,26,27)/t16-,18+/m0/s1. The Hall–Kier alpha value is -3.19. The predicted octanol–water partition coefficient (Wildman–Crippen LogP) is 3.15. The van der Waals surface area contributed by atoms with E-state index < -0.39 is 5.91 Å². The molecule has 2 heterocycles. The van der Waals surface area contributed by atoms with Crippen LogP contribution in [0.5, 0.6) is 0 Å². The van der Waals surface area contributed by atoms with Gasteiger partial charge in [-0.3, -0.25) is 9.78 Å². The van der Waals surface area contributed by atoms with Crippen molar-refractivity contribution in [2.45, 2.75) is 37.8 Å². The number of anilines is 3. The van der Waals surface area contributed by atoms with Gasteiger partial charge in [-0.1, -0.05) is 31.0 Å². The first-order valence-electron chi connectivity index (χ1n) is 9.55. The highest BCUT2D eigenvalue weighted by Gasteiger charge is 2.22. The van der Waals surface area contributed by atoms with Crippen molar-refractivity contribution in [2.24, 2.45) is 11.5 Å². The number of primary amides is 1. The number of aromatic nitrogens is 2. The Morgan fingerprint density at radius 3 is 2.75 bits per heavy atom. The van der Waals surface area contributed by atoms with Gasteiger partial charge in [0.15, 0.2) is 0 Å². The summed E-state index contributed by atoms with van der Waals surface area (Å²) in [5, 5.41) is 7.59. The Balaban J connectivity index is 1.62. The van der Waals surface area contributed by atoms with Crippen LogP contribution in [0.2, 0.25) is 0 Å². The van der Waals surface area contributed by atoms with E-state index in [0.29, 0.717) is 17.2 Å². The quantitative estimate of drug-likeness (QED) is 0.543. The normalized spacial score (nSPS) is 19.3. The summed E-state index contributed by atoms with van der Waals surface area (Å²) in [5.74, 6) is 0.534. The summed E-state index contributed by atoms with van der Waals surface area (Å²) in [7, 11) is 0. The first-order valence-corrected chi connectivity index (χ1v) is 9.55. The molecule has 0 saturated heterocycles. The molecule has 1 aromatic carbocycles. The van der Waals surface area contributed by atoms with E-state index in [4.69, 9.17) is 11.5 Å². The van der Waals surface area contributed by atoms with Gasteiger partial charge in [-0.15, -0.1) is 0 Å². The van der Waals surface area contributed by atoms with E-state index in [-0.39, 0.29) is 12.1 Å². The highest BCUT2D eigenvalue weighted by Crippen LogP contribution is 2.25. The first kappa shape index (κ1) is 18.2. The molecule has 1 saturated carbocycles. The summed E-state index contributed by atoms with van der Waals surface area (Å²) in [6.07, 6.45) is 6.04. The maximum atomic E-state index is 11.9. The Bertz CT molecular complexity index is 1010. The van der Waals surface area contributed by atoms with Crippen LogP contribution in [-0.2, 0) is 0 Å². The first-order chi connectivity index (χ1) is 13.6. The van der Waals surface area contributed by atoms with E-state index in [1.807, 2.05) is 30.3 Å². The molecule has 1 amide bonds. The van der Waals surface area contributed by atoms with Crippen LogP contribution < -0.4 is 22.1 Å². The molecule has 7 nitrogen and oxygen atoms in total. The summed E-state index contributed by atoms with van der Waals surface area (Å²) in [6.45, 7) is 0. The molecule has 7 heteroatoms. The number of nitrogens with zero attached hydrogens (tertiary/aromatic N) is 2. The molecule has 0 spiro atoms. The fourth-order valence-electron chi connectivity index (χ4n) is 3.64. The number of nitrogens with two attached hydrogens (primary N) is 2. The third-order valence-electron chi connectivity index (χ3n) is 5.17. The van der Waals surface area contributed by atoms with Gasteiger partial charge in [0.2, 0.25) is 0 Å². The fraction of sp³-hybridized carbons (Fsp3) is 0.286. The number of carbonyl (C=O) groups is 1. The third-order valence-corrected chi connectivity index (χ3v) is 5.17. The second-order valence-corrected chi connectivity index (χ2v) is 7.20. The van der Waals surface area contributed by atoms with E-state index in [1.54, 1.807) is 18.3 Å². The maximum Gasteiger partial charge on any atom is 0.252 e. The highest BCUT2D eigenvalue weighted by atomic mass is 16.1. The van der Waals surface area contributed by atoms with Crippen LogP contribution in [0.1, 0.15) is 36.0 Å². The molecule has 3 aromatic rings. The number of para-hydroxylation sites is 1. The van der Waals surface area contributed by atoms with Crippen LogP contribution in [0.3, 0.4) is 0 Å². The molecule has 1 fully saturated rings. The van der Waals surface area contributed by atoms with E-state index in [9.17, 15) is 4.79 Å². The molecular formula is C21H24N6O. The van der Waals surface area contributed by atoms with E-state index in [1.165, 1.54) is 0 Å². The van der Waals surface area contributed by atoms with E-state index in [2.05, 4.69) is 20.6 Å². The lowest BCUT2D eigenvalue weighted by Crippen LogP contribution is -2.42. The number of fused-ring (bicyclic) bond motifs is 1. The van der Waals surface area contributed by atoms with Crippen LogP contribution >= 0.6 is 0 Å². The zero-order valence-electron chi connectivity index (χ0n) is 15.6. The number of rotatable bonds is 5. The zero-order chi connectivity index (χ0) is 19.5. The van der Waals surface area contributed by atoms with Gasteiger partial charge in [0.05, 0.1) is 23.0 Å². The van der Waals surface area contributed by atoms with Crippen LogP contribution in [0.25, 0.3) is 10.9 Å². The maximum absolute atomic E-state index is 11.9. The van der Waals surface area contributed by atoms with Crippen LogP contribution in [0.4, 0.5) is 17.3 Å². The second-order valence-electron chi connectivity index (χ2n) is 7.20. The molecule has 0 bridgehead atoms. The number of amides is 1. The van der Waals surface area contributed by atoms with Crippen molar-refractivity contribution in [1.29, 1.82) is 0 Å². The van der Waals surface area contributed by atoms with Crippen LogP contribution in [-0.4, -0.2) is 28.0 Å². The molecule has 4 rings (SSSR count). The summed E-state index contributed by atoms with van der Waals surface area (Å²) >= 11 is 0. The number of nitrogens with one attached hydrogen (secondary N) is 2. The SMILES string of the molecule is NC(=O)c1ccc(N[C@@H]2CCCC[C@@H]2N)nc1Nc1cnc2ccccc2c1. The summed E-state index contributed by atoms with van der Waals surface area (Å²) in [6, 6.07) is 13.5. The Morgan fingerprint density at radius 2 is 1.93 bits per heavy atom. The molecular weight excluding hydrogens is 352 g/mol. The average Bonchev–Trinajstić information content (AvgIpc) is 2.70. The summed E-state index contributed by atoms with van der Waals surface area (Å²) in [4.78, 5) is 20.9. The topological polar surface area (TPSA) is 119 Å². The molecule has 0 unspecified atom stereocenters. The van der Waals surface area contributed by atoms with Crippen molar-refractivity contribution in [3.05, 3.63) is 54.2 Å². The molecule has 1 aliphatic rings. The lowest BCUT2D eigenvalue weighted by Gasteiger charge is -2.29. The van der Waals surface area contributed by atoms with Crippen molar-refractivity contribution < 1.29 is 4.79 Å². The minimum absolute atomic E-state index is 0.104. The molecule has 28 heavy (non-hydrogen) atoms. The minimum Gasteiger partial charge on any atom is -0.366 e. The largest absolute Gasteiger partial charge is 0.366 e. The predicted molar refractivity (Wildman–Crippen MR) is 112 cm³/mol. The number of hydrogen-bond donors (Lipinski definition) is 4. The molecule has 2 atom stereocenters. The Morgan fingerprint density at radius 1 is 1.11 bits per heavy atom. The summed E-state index contributed by atoms with van der Waals surface area (Å²) in [5.41, 5.74) is 13.7. The molecule has 144 valence electrons. The van der Waals surface area contributed by atoms with Gasteiger partial charge in [0, 0.05) is 17.5 Å². The van der Waals surface area contributed by atoms with Gasteiger partial charge >= 0.3 is 0 Å². The van der Waals surface area contributed by atoms with E-state index in [0.717, 1.165) is 42.3 Å². The molecule has 1 aliphatic carbocycles. The van der Waals surface area contributed by atoms with Gasteiger partial charge in [-0.25, -0.2) is 4.98 Å². The molecule has 2 aromatic heterocycles. The van der Waals surface area contributed by atoms with Gasteiger partial charge in [0.25, 0.3) is 5.91 Å². The second kappa shape index (κ2) is 7.82. The number of benzene rings is 1. The number of hydrogen-bond acceptors (Lipinski definition) is 6. The van der Waals surface area contributed by atoms with Crippen molar-refractivity contribution in [3.63, 3.8) is 0 Å². The number of pyridine rings is 2.